The van der Waals surface area contributed by atoms with Crippen molar-refractivity contribution in [1.82, 2.24) is 4.90 Å². The van der Waals surface area contributed by atoms with Crippen LogP contribution in [-0.4, -0.2) is 30.6 Å². The predicted molar refractivity (Wildman–Crippen MR) is 34.8 cm³/mol. The van der Waals surface area contributed by atoms with E-state index >= 15 is 0 Å². The molecule has 1 unspecified atom stereocenters. The lowest BCUT2D eigenvalue weighted by Crippen LogP contribution is -2.37. The van der Waals surface area contributed by atoms with Crippen molar-refractivity contribution in [3.63, 3.8) is 0 Å². The Bertz CT molecular complexity index is 93.1. The number of nitrogens with zero attached hydrogens (tertiary/aromatic N) is 1. The Hall–Kier alpha value is -0.0800. The van der Waals surface area contributed by atoms with E-state index in [2.05, 4.69) is 4.90 Å². The molecule has 2 aliphatic rings. The molecule has 0 spiro atoms. The molecule has 0 aromatic carbocycles. The lowest BCUT2D eigenvalue weighted by atomic mass is 10.2. The summed E-state index contributed by atoms with van der Waals surface area (Å²) in [5.41, 5.74) is 0. The summed E-state index contributed by atoms with van der Waals surface area (Å²) in [4.78, 5) is 2.49. The topological polar surface area (TPSA) is 12.5 Å². The molecule has 0 aromatic rings. The molecule has 0 amide bonds. The van der Waals surface area contributed by atoms with Crippen LogP contribution in [0.3, 0.4) is 0 Å². The summed E-state index contributed by atoms with van der Waals surface area (Å²) >= 11 is 0. The normalized spacial score (nSPS) is 36.7. The average molecular weight is 126 g/mol. The maximum absolute atomic E-state index is 5.22. The Morgan fingerprint density at radius 3 is 3.33 bits per heavy atom. The third kappa shape index (κ3) is 0.970. The molecule has 0 saturated carbocycles. The fourth-order valence-corrected chi connectivity index (χ4v) is 1.63. The van der Waals surface area contributed by atoms with Gasteiger partial charge in [0.15, 0.2) is 0 Å². The summed E-state index contributed by atoms with van der Waals surface area (Å²) in [6, 6.07) is 0.652. The van der Waals surface area contributed by atoms with Crippen molar-refractivity contribution >= 4 is 0 Å². The first-order chi connectivity index (χ1) is 4.47. The first kappa shape index (κ1) is 5.69. The van der Waals surface area contributed by atoms with Crippen LogP contribution < -0.4 is 0 Å². The molecule has 1 atom stereocenters. The summed E-state index contributed by atoms with van der Waals surface area (Å²) in [6.45, 7) is 5.32. The molecule has 1 radical (unpaired) electrons. The molecule has 2 saturated heterocycles. The van der Waals surface area contributed by atoms with Crippen LogP contribution in [0.25, 0.3) is 0 Å². The highest BCUT2D eigenvalue weighted by atomic mass is 16.5. The highest BCUT2D eigenvalue weighted by molar-refractivity contribution is 4.87. The van der Waals surface area contributed by atoms with Gasteiger partial charge in [-0.3, -0.25) is 4.90 Å². The molecule has 0 N–H and O–H groups in total. The molecule has 0 bridgehead atoms. The van der Waals surface area contributed by atoms with Crippen molar-refractivity contribution < 1.29 is 4.74 Å². The molecule has 0 aliphatic carbocycles. The summed E-state index contributed by atoms with van der Waals surface area (Å²) in [5, 5.41) is 0. The van der Waals surface area contributed by atoms with Crippen molar-refractivity contribution in [3.8, 4) is 0 Å². The van der Waals surface area contributed by atoms with Crippen LogP contribution >= 0.6 is 0 Å². The number of ether oxygens (including phenoxy) is 1. The van der Waals surface area contributed by atoms with Gasteiger partial charge in [0.2, 0.25) is 0 Å². The third-order valence-corrected chi connectivity index (χ3v) is 2.16. The van der Waals surface area contributed by atoms with Crippen molar-refractivity contribution in [2.24, 2.45) is 0 Å². The van der Waals surface area contributed by atoms with Gasteiger partial charge in [0.25, 0.3) is 0 Å². The van der Waals surface area contributed by atoms with E-state index < -0.39 is 0 Å². The van der Waals surface area contributed by atoms with E-state index in [-0.39, 0.29) is 0 Å². The Kier molecular flexibility index (Phi) is 1.44. The zero-order valence-electron chi connectivity index (χ0n) is 5.55. The molecule has 2 heteroatoms. The Labute approximate surface area is 55.8 Å². The summed E-state index contributed by atoms with van der Waals surface area (Å²) in [5.74, 6) is 0. The molecule has 2 nitrogen and oxygen atoms in total. The van der Waals surface area contributed by atoms with E-state index in [1.165, 1.54) is 19.4 Å². The second-order valence-corrected chi connectivity index (χ2v) is 2.75. The minimum atomic E-state index is 0.652. The van der Waals surface area contributed by atoms with Crippen LogP contribution in [-0.2, 0) is 4.74 Å². The lowest BCUT2D eigenvalue weighted by Gasteiger charge is -2.28. The predicted octanol–water partition coefficient (Wildman–Crippen LogP) is 0.643. The van der Waals surface area contributed by atoms with Crippen molar-refractivity contribution in [1.29, 1.82) is 0 Å². The highest BCUT2D eigenvalue weighted by Crippen LogP contribution is 2.21. The van der Waals surface area contributed by atoms with Crippen LogP contribution in [0.4, 0.5) is 0 Å². The smallest absolute Gasteiger partial charge is 0.101 e. The van der Waals surface area contributed by atoms with Gasteiger partial charge in [-0.15, -0.1) is 0 Å². The van der Waals surface area contributed by atoms with Crippen LogP contribution in [0.1, 0.15) is 12.8 Å². The summed E-state index contributed by atoms with van der Waals surface area (Å²) < 4.78 is 5.22. The average Bonchev–Trinajstić information content (AvgIpc) is 2.33. The molecule has 9 heavy (non-hydrogen) atoms. The van der Waals surface area contributed by atoms with Crippen LogP contribution in [0.15, 0.2) is 0 Å². The molecular weight excluding hydrogens is 114 g/mol. The third-order valence-electron chi connectivity index (χ3n) is 2.16. The van der Waals surface area contributed by atoms with Crippen LogP contribution in [0.5, 0.6) is 0 Å². The molecule has 2 aliphatic heterocycles. The second-order valence-electron chi connectivity index (χ2n) is 2.75. The number of fused-ring (bicyclic) bond motifs is 1. The molecule has 2 heterocycles. The number of hydrogen-bond acceptors (Lipinski definition) is 2. The van der Waals surface area contributed by atoms with Crippen molar-refractivity contribution in [2.45, 2.75) is 18.9 Å². The minimum Gasteiger partial charge on any atom is -0.372 e. The standard InChI is InChI=1S/C7H12NO/c1-2-7-6-9-5-4-8(7)3-1/h6-7H,1-5H2. The van der Waals surface area contributed by atoms with Gasteiger partial charge < -0.3 is 4.74 Å². The fourth-order valence-electron chi connectivity index (χ4n) is 1.63. The molecule has 51 valence electrons. The monoisotopic (exact) mass is 126 g/mol. The zero-order valence-corrected chi connectivity index (χ0v) is 5.55. The summed E-state index contributed by atoms with van der Waals surface area (Å²) in [7, 11) is 0. The fraction of sp³-hybridized carbons (Fsp3) is 0.857. The highest BCUT2D eigenvalue weighted by Gasteiger charge is 2.27. The Morgan fingerprint density at radius 1 is 1.44 bits per heavy atom. The first-order valence-corrected chi connectivity index (χ1v) is 3.66. The molecule has 2 fully saturated rings. The lowest BCUT2D eigenvalue weighted by molar-refractivity contribution is 0.0630. The van der Waals surface area contributed by atoms with E-state index in [0.29, 0.717) is 6.04 Å². The second kappa shape index (κ2) is 2.27. The van der Waals surface area contributed by atoms with Gasteiger partial charge in [0, 0.05) is 12.6 Å². The van der Waals surface area contributed by atoms with Gasteiger partial charge in [-0.2, -0.15) is 0 Å². The Balaban J connectivity index is 1.97. The van der Waals surface area contributed by atoms with Gasteiger partial charge in [-0.05, 0) is 19.4 Å². The number of hydrogen-bond donors (Lipinski definition) is 0. The largest absolute Gasteiger partial charge is 0.372 e. The molecule has 2 rings (SSSR count). The van der Waals surface area contributed by atoms with Crippen molar-refractivity contribution in [2.75, 3.05) is 19.7 Å². The van der Waals surface area contributed by atoms with E-state index in [4.69, 9.17) is 4.74 Å². The van der Waals surface area contributed by atoms with Gasteiger partial charge in [-0.25, -0.2) is 0 Å². The number of morpholine rings is 1. The van der Waals surface area contributed by atoms with E-state index in [9.17, 15) is 0 Å². The molecular formula is C7H12NO. The number of rotatable bonds is 0. The van der Waals surface area contributed by atoms with E-state index in [1.807, 2.05) is 6.61 Å². The van der Waals surface area contributed by atoms with E-state index in [0.717, 1.165) is 13.2 Å². The van der Waals surface area contributed by atoms with Gasteiger partial charge in [-0.1, -0.05) is 0 Å². The molecule has 0 aromatic heterocycles. The SMILES string of the molecule is [CH]1OCCN2CCCC12. The van der Waals surface area contributed by atoms with Gasteiger partial charge in [0.05, 0.1) is 6.61 Å². The summed E-state index contributed by atoms with van der Waals surface area (Å²) in [6.07, 6.45) is 2.66. The first-order valence-electron chi connectivity index (χ1n) is 3.66. The Morgan fingerprint density at radius 2 is 2.44 bits per heavy atom. The quantitative estimate of drug-likeness (QED) is 0.472. The maximum Gasteiger partial charge on any atom is 0.101 e. The van der Waals surface area contributed by atoms with Crippen molar-refractivity contribution in [3.05, 3.63) is 6.61 Å². The maximum atomic E-state index is 5.22. The zero-order chi connectivity index (χ0) is 6.10. The van der Waals surface area contributed by atoms with Crippen LogP contribution in [0, 0.1) is 6.61 Å². The van der Waals surface area contributed by atoms with E-state index in [1.54, 1.807) is 0 Å². The van der Waals surface area contributed by atoms with Gasteiger partial charge >= 0.3 is 0 Å². The minimum absolute atomic E-state index is 0.652. The van der Waals surface area contributed by atoms with Crippen LogP contribution in [0.2, 0.25) is 0 Å². The van der Waals surface area contributed by atoms with Gasteiger partial charge in [0.1, 0.15) is 6.61 Å².